The minimum atomic E-state index is -0.672. The second kappa shape index (κ2) is 5.45. The van der Waals surface area contributed by atoms with Gasteiger partial charge in [0.1, 0.15) is 5.82 Å². The van der Waals surface area contributed by atoms with E-state index < -0.39 is 5.41 Å². The van der Waals surface area contributed by atoms with E-state index in [2.05, 4.69) is 0 Å². The molecule has 0 aliphatic rings. The molecule has 0 fully saturated rings. The Morgan fingerprint density at radius 3 is 1.90 bits per heavy atom. The van der Waals surface area contributed by atoms with Crippen molar-refractivity contribution in [3.05, 3.63) is 71.0 Å². The number of rotatable bonds is 4. The molecule has 0 saturated carbocycles. The molecule has 0 heterocycles. The van der Waals surface area contributed by atoms with E-state index in [1.807, 2.05) is 38.1 Å². The molecule has 2 aromatic rings. The van der Waals surface area contributed by atoms with Gasteiger partial charge in [-0.15, -0.1) is 0 Å². The number of hydrogen-bond acceptors (Lipinski definition) is 1. The van der Waals surface area contributed by atoms with E-state index in [0.29, 0.717) is 0 Å². The Morgan fingerprint density at radius 2 is 1.45 bits per heavy atom. The van der Waals surface area contributed by atoms with Crippen LogP contribution in [0.25, 0.3) is 0 Å². The van der Waals surface area contributed by atoms with Gasteiger partial charge in [-0.3, -0.25) is 4.79 Å². The Hall–Kier alpha value is -2.16. The summed E-state index contributed by atoms with van der Waals surface area (Å²) in [6, 6.07) is 14.3. The van der Waals surface area contributed by atoms with Gasteiger partial charge in [0, 0.05) is 0 Å². The third-order valence-electron chi connectivity index (χ3n) is 3.61. The van der Waals surface area contributed by atoms with Gasteiger partial charge in [0.05, 0.1) is 5.41 Å². The average Bonchev–Trinajstić information content (AvgIpc) is 2.42. The van der Waals surface area contributed by atoms with Crippen LogP contribution in [0.5, 0.6) is 0 Å². The molecule has 0 spiro atoms. The summed E-state index contributed by atoms with van der Waals surface area (Å²) in [6.07, 6.45) is 0.734. The quantitative estimate of drug-likeness (QED) is 0.911. The Labute approximate surface area is 118 Å². The number of benzene rings is 2. The number of carbonyl (C=O) groups excluding carboxylic acids is 1. The molecular weight excluding hydrogens is 253 g/mol. The Bertz CT molecular complexity index is 600. The first kappa shape index (κ1) is 14.3. The minimum absolute atomic E-state index is 0.229. The highest BCUT2D eigenvalue weighted by atomic mass is 19.1. The highest BCUT2D eigenvalue weighted by Crippen LogP contribution is 2.23. The van der Waals surface area contributed by atoms with Gasteiger partial charge in [-0.2, -0.15) is 0 Å². The molecule has 20 heavy (non-hydrogen) atoms. The average molecular weight is 271 g/mol. The van der Waals surface area contributed by atoms with Crippen LogP contribution < -0.4 is 5.73 Å². The van der Waals surface area contributed by atoms with E-state index in [9.17, 15) is 9.18 Å². The normalized spacial score (nSPS) is 11.3. The SMILES string of the molecule is CC(C)(C(N)=O)c1ccc(Cc2ccc(F)cc2)cc1. The van der Waals surface area contributed by atoms with E-state index >= 15 is 0 Å². The molecule has 0 radical (unpaired) electrons. The van der Waals surface area contributed by atoms with E-state index in [-0.39, 0.29) is 11.7 Å². The van der Waals surface area contributed by atoms with E-state index in [1.54, 1.807) is 12.1 Å². The van der Waals surface area contributed by atoms with Crippen LogP contribution in [0.1, 0.15) is 30.5 Å². The summed E-state index contributed by atoms with van der Waals surface area (Å²) in [6.45, 7) is 3.62. The molecule has 2 N–H and O–H groups in total. The smallest absolute Gasteiger partial charge is 0.227 e. The monoisotopic (exact) mass is 271 g/mol. The first-order valence-electron chi connectivity index (χ1n) is 6.53. The van der Waals surface area contributed by atoms with Gasteiger partial charge in [-0.1, -0.05) is 36.4 Å². The molecule has 104 valence electrons. The van der Waals surface area contributed by atoms with Crippen molar-refractivity contribution in [2.45, 2.75) is 25.7 Å². The van der Waals surface area contributed by atoms with Crippen molar-refractivity contribution in [2.75, 3.05) is 0 Å². The first-order chi connectivity index (χ1) is 9.39. The summed E-state index contributed by atoms with van der Waals surface area (Å²) in [5.74, 6) is -0.573. The van der Waals surface area contributed by atoms with Crippen molar-refractivity contribution in [1.29, 1.82) is 0 Å². The summed E-state index contributed by atoms with van der Waals surface area (Å²) in [5.41, 5.74) is 7.79. The van der Waals surface area contributed by atoms with Crippen LogP contribution in [0.4, 0.5) is 4.39 Å². The summed E-state index contributed by atoms with van der Waals surface area (Å²) in [7, 11) is 0. The molecule has 0 atom stereocenters. The fraction of sp³-hybridized carbons (Fsp3) is 0.235. The van der Waals surface area contributed by atoms with Gasteiger partial charge in [-0.25, -0.2) is 4.39 Å². The molecule has 2 rings (SSSR count). The lowest BCUT2D eigenvalue weighted by molar-refractivity contribution is -0.122. The first-order valence-corrected chi connectivity index (χ1v) is 6.53. The van der Waals surface area contributed by atoms with Crippen LogP contribution in [-0.2, 0) is 16.6 Å². The van der Waals surface area contributed by atoms with Crippen molar-refractivity contribution in [1.82, 2.24) is 0 Å². The zero-order valence-corrected chi connectivity index (χ0v) is 11.7. The number of nitrogens with two attached hydrogens (primary N) is 1. The predicted octanol–water partition coefficient (Wildman–Crippen LogP) is 3.18. The number of halogens is 1. The van der Waals surface area contributed by atoms with Crippen molar-refractivity contribution in [3.8, 4) is 0 Å². The van der Waals surface area contributed by atoms with Gasteiger partial charge in [0.15, 0.2) is 0 Å². The largest absolute Gasteiger partial charge is 0.369 e. The number of amides is 1. The molecule has 0 bridgehead atoms. The van der Waals surface area contributed by atoms with E-state index in [4.69, 9.17) is 5.73 Å². The van der Waals surface area contributed by atoms with Crippen LogP contribution in [0.2, 0.25) is 0 Å². The second-order valence-electron chi connectivity index (χ2n) is 5.49. The third-order valence-corrected chi connectivity index (χ3v) is 3.61. The zero-order valence-electron chi connectivity index (χ0n) is 11.7. The number of hydrogen-bond donors (Lipinski definition) is 1. The predicted molar refractivity (Wildman–Crippen MR) is 77.9 cm³/mol. The number of primary amides is 1. The van der Waals surface area contributed by atoms with Gasteiger partial charge in [0.25, 0.3) is 0 Å². The summed E-state index contributed by atoms with van der Waals surface area (Å²) in [5, 5.41) is 0. The molecule has 0 aromatic heterocycles. The van der Waals surface area contributed by atoms with Gasteiger partial charge in [0.2, 0.25) is 5.91 Å². The zero-order chi connectivity index (χ0) is 14.8. The molecule has 0 aliphatic carbocycles. The lowest BCUT2D eigenvalue weighted by Crippen LogP contribution is -2.35. The van der Waals surface area contributed by atoms with E-state index in [1.165, 1.54) is 12.1 Å². The van der Waals surface area contributed by atoms with Crippen molar-refractivity contribution in [2.24, 2.45) is 5.73 Å². The fourth-order valence-electron chi connectivity index (χ4n) is 2.02. The van der Waals surface area contributed by atoms with Crippen molar-refractivity contribution in [3.63, 3.8) is 0 Å². The molecular formula is C17H18FNO. The molecule has 0 unspecified atom stereocenters. The summed E-state index contributed by atoms with van der Waals surface area (Å²) in [4.78, 5) is 11.4. The molecule has 2 aromatic carbocycles. The van der Waals surface area contributed by atoms with Crippen LogP contribution in [0.15, 0.2) is 48.5 Å². The summed E-state index contributed by atoms with van der Waals surface area (Å²) < 4.78 is 12.8. The topological polar surface area (TPSA) is 43.1 Å². The van der Waals surface area contributed by atoms with E-state index in [0.717, 1.165) is 23.1 Å². The van der Waals surface area contributed by atoms with Crippen molar-refractivity contribution >= 4 is 5.91 Å². The van der Waals surface area contributed by atoms with Gasteiger partial charge >= 0.3 is 0 Å². The molecule has 0 saturated heterocycles. The Morgan fingerprint density at radius 1 is 1.00 bits per heavy atom. The lowest BCUT2D eigenvalue weighted by Gasteiger charge is -2.21. The maximum Gasteiger partial charge on any atom is 0.227 e. The fourth-order valence-corrected chi connectivity index (χ4v) is 2.02. The molecule has 3 heteroatoms. The highest BCUT2D eigenvalue weighted by molar-refractivity contribution is 5.85. The minimum Gasteiger partial charge on any atom is -0.369 e. The maximum absolute atomic E-state index is 12.8. The second-order valence-corrected chi connectivity index (χ2v) is 5.49. The molecule has 0 aliphatic heterocycles. The lowest BCUT2D eigenvalue weighted by atomic mass is 9.83. The highest BCUT2D eigenvalue weighted by Gasteiger charge is 2.26. The molecule has 2 nitrogen and oxygen atoms in total. The van der Waals surface area contributed by atoms with Gasteiger partial charge in [-0.05, 0) is 49.1 Å². The van der Waals surface area contributed by atoms with Crippen LogP contribution in [-0.4, -0.2) is 5.91 Å². The maximum atomic E-state index is 12.8. The third kappa shape index (κ3) is 3.05. The van der Waals surface area contributed by atoms with Crippen molar-refractivity contribution < 1.29 is 9.18 Å². The summed E-state index contributed by atoms with van der Waals surface area (Å²) >= 11 is 0. The Balaban J connectivity index is 2.16. The standard InChI is InChI=1S/C17H18FNO/c1-17(2,16(19)20)14-7-3-12(4-8-14)11-13-5-9-15(18)10-6-13/h3-10H,11H2,1-2H3,(H2,19,20). The number of carbonyl (C=O) groups is 1. The van der Waals surface area contributed by atoms with Crippen LogP contribution >= 0.6 is 0 Å². The van der Waals surface area contributed by atoms with Crippen LogP contribution in [0, 0.1) is 5.82 Å². The Kier molecular flexibility index (Phi) is 3.89. The van der Waals surface area contributed by atoms with Crippen LogP contribution in [0.3, 0.4) is 0 Å². The van der Waals surface area contributed by atoms with Gasteiger partial charge < -0.3 is 5.73 Å². The molecule has 1 amide bonds.